The lowest BCUT2D eigenvalue weighted by atomic mass is 10.1. The average molecular weight is 542 g/mol. The van der Waals surface area contributed by atoms with Gasteiger partial charge in [-0.25, -0.2) is 13.4 Å². The SMILES string of the molecule is COc1ccc(Cc2csc(N3CCC(S(=O)(=O)c4cc(C)c(Cl)cc4Cl)CC3)n2)c(OC)c1. The van der Waals surface area contributed by atoms with Crippen LogP contribution < -0.4 is 14.4 Å². The molecule has 0 spiro atoms. The molecule has 0 radical (unpaired) electrons. The number of thiazole rings is 1. The van der Waals surface area contributed by atoms with Crippen molar-refractivity contribution in [2.75, 3.05) is 32.2 Å². The second-order valence-electron chi connectivity index (χ2n) is 8.24. The zero-order valence-corrected chi connectivity index (χ0v) is 22.3. The molecule has 0 aliphatic carbocycles. The van der Waals surface area contributed by atoms with Gasteiger partial charge in [-0.3, -0.25) is 0 Å². The number of aromatic nitrogens is 1. The molecule has 1 aliphatic heterocycles. The molecule has 10 heteroatoms. The highest BCUT2D eigenvalue weighted by Gasteiger charge is 2.33. The van der Waals surface area contributed by atoms with Crippen LogP contribution in [-0.4, -0.2) is 46.0 Å². The van der Waals surface area contributed by atoms with Gasteiger partial charge in [0.25, 0.3) is 0 Å². The van der Waals surface area contributed by atoms with Crippen LogP contribution in [0.25, 0.3) is 0 Å². The fraction of sp³-hybridized carbons (Fsp3) is 0.375. The van der Waals surface area contributed by atoms with Crippen LogP contribution in [-0.2, 0) is 16.3 Å². The summed E-state index contributed by atoms with van der Waals surface area (Å²) in [5, 5.41) is 3.10. The van der Waals surface area contributed by atoms with Gasteiger partial charge >= 0.3 is 0 Å². The first-order valence-electron chi connectivity index (χ1n) is 10.8. The molecule has 0 atom stereocenters. The van der Waals surface area contributed by atoms with Gasteiger partial charge in [0.1, 0.15) is 11.5 Å². The van der Waals surface area contributed by atoms with E-state index in [0.717, 1.165) is 27.9 Å². The van der Waals surface area contributed by atoms with E-state index in [2.05, 4.69) is 4.90 Å². The van der Waals surface area contributed by atoms with Crippen LogP contribution in [0.5, 0.6) is 11.5 Å². The Morgan fingerprint density at radius 3 is 2.50 bits per heavy atom. The first kappa shape index (κ1) is 25.1. The number of nitrogens with zero attached hydrogens (tertiary/aromatic N) is 2. The molecule has 6 nitrogen and oxygen atoms in total. The predicted molar refractivity (Wildman–Crippen MR) is 138 cm³/mol. The molecule has 1 aromatic heterocycles. The lowest BCUT2D eigenvalue weighted by Crippen LogP contribution is -2.39. The summed E-state index contributed by atoms with van der Waals surface area (Å²) in [7, 11) is -0.279. The highest BCUT2D eigenvalue weighted by Crippen LogP contribution is 2.35. The summed E-state index contributed by atoms with van der Waals surface area (Å²) < 4.78 is 37.3. The van der Waals surface area contributed by atoms with E-state index in [1.54, 1.807) is 38.5 Å². The molecular weight excluding hydrogens is 515 g/mol. The van der Waals surface area contributed by atoms with Crippen molar-refractivity contribution >= 4 is 49.5 Å². The molecule has 1 aliphatic rings. The molecule has 0 N–H and O–H groups in total. The summed E-state index contributed by atoms with van der Waals surface area (Å²) in [5.74, 6) is 1.50. The van der Waals surface area contributed by atoms with E-state index in [0.29, 0.717) is 42.9 Å². The van der Waals surface area contributed by atoms with Gasteiger partial charge in [0, 0.05) is 41.5 Å². The molecular formula is C24H26Cl2N2O4S2. The molecule has 0 saturated carbocycles. The maximum atomic E-state index is 13.2. The Labute approximate surface area is 214 Å². The number of sulfone groups is 1. The molecule has 1 saturated heterocycles. The Kier molecular flexibility index (Phi) is 7.62. The molecule has 4 rings (SSSR count). The lowest BCUT2D eigenvalue weighted by Gasteiger charge is -2.31. The zero-order chi connectivity index (χ0) is 24.5. The van der Waals surface area contributed by atoms with E-state index in [1.165, 1.54) is 6.07 Å². The van der Waals surface area contributed by atoms with Crippen LogP contribution in [0.4, 0.5) is 5.13 Å². The average Bonchev–Trinajstić information content (AvgIpc) is 3.30. The largest absolute Gasteiger partial charge is 0.497 e. The van der Waals surface area contributed by atoms with E-state index in [9.17, 15) is 8.42 Å². The summed E-state index contributed by atoms with van der Waals surface area (Å²) in [4.78, 5) is 7.12. The van der Waals surface area contributed by atoms with Crippen molar-refractivity contribution in [1.82, 2.24) is 4.98 Å². The van der Waals surface area contributed by atoms with E-state index in [4.69, 9.17) is 37.7 Å². The topological polar surface area (TPSA) is 68.7 Å². The highest BCUT2D eigenvalue weighted by molar-refractivity contribution is 7.92. The minimum Gasteiger partial charge on any atom is -0.497 e. The Morgan fingerprint density at radius 2 is 1.82 bits per heavy atom. The van der Waals surface area contributed by atoms with E-state index in [-0.39, 0.29) is 9.92 Å². The molecule has 3 aromatic rings. The monoisotopic (exact) mass is 540 g/mol. The molecule has 0 amide bonds. The Bertz CT molecular complexity index is 1290. The van der Waals surface area contributed by atoms with Crippen molar-refractivity contribution in [2.24, 2.45) is 0 Å². The first-order valence-corrected chi connectivity index (χ1v) is 14.0. The number of hydrogen-bond donors (Lipinski definition) is 0. The quantitative estimate of drug-likeness (QED) is 0.376. The smallest absolute Gasteiger partial charge is 0.185 e. The number of hydrogen-bond acceptors (Lipinski definition) is 7. The van der Waals surface area contributed by atoms with Crippen LogP contribution in [0.15, 0.2) is 40.6 Å². The van der Waals surface area contributed by atoms with Gasteiger partial charge in [-0.2, -0.15) is 0 Å². The molecule has 2 heterocycles. The number of methoxy groups -OCH3 is 2. The number of aryl methyl sites for hydroxylation is 1. The summed E-state index contributed by atoms with van der Waals surface area (Å²) in [6, 6.07) is 8.84. The number of halogens is 2. The van der Waals surface area contributed by atoms with Gasteiger partial charge in [-0.15, -0.1) is 11.3 Å². The van der Waals surface area contributed by atoms with Crippen molar-refractivity contribution in [1.29, 1.82) is 0 Å². The number of ether oxygens (including phenoxy) is 2. The molecule has 2 aromatic carbocycles. The molecule has 34 heavy (non-hydrogen) atoms. The van der Waals surface area contributed by atoms with Crippen molar-refractivity contribution < 1.29 is 17.9 Å². The summed E-state index contributed by atoms with van der Waals surface area (Å²) in [5.41, 5.74) is 2.67. The van der Waals surface area contributed by atoms with Gasteiger partial charge in [-0.1, -0.05) is 29.3 Å². The second-order valence-corrected chi connectivity index (χ2v) is 12.1. The minimum atomic E-state index is -3.54. The van der Waals surface area contributed by atoms with Gasteiger partial charge in [0.05, 0.1) is 35.1 Å². The van der Waals surface area contributed by atoms with Crippen molar-refractivity contribution in [3.05, 3.63) is 62.6 Å². The van der Waals surface area contributed by atoms with Crippen LogP contribution in [0.2, 0.25) is 10.0 Å². The molecule has 1 fully saturated rings. The second kappa shape index (κ2) is 10.3. The van der Waals surface area contributed by atoms with Crippen LogP contribution >= 0.6 is 34.5 Å². The van der Waals surface area contributed by atoms with Crippen molar-refractivity contribution in [3.63, 3.8) is 0 Å². The standard InChI is InChI=1S/C24H26Cl2N2O4S2/c1-15-10-23(21(26)13-20(15)25)34(29,30)19-6-8-28(9-7-19)24-27-17(14-33-24)11-16-4-5-18(31-2)12-22(16)32-3/h4-5,10,12-14,19H,6-9,11H2,1-3H3. The highest BCUT2D eigenvalue weighted by atomic mass is 35.5. The Morgan fingerprint density at radius 1 is 1.09 bits per heavy atom. The molecule has 182 valence electrons. The lowest BCUT2D eigenvalue weighted by molar-refractivity contribution is 0.391. The maximum Gasteiger partial charge on any atom is 0.185 e. The number of piperidine rings is 1. The summed E-state index contributed by atoms with van der Waals surface area (Å²) in [6.45, 7) is 3.02. The van der Waals surface area contributed by atoms with Gasteiger partial charge in [0.15, 0.2) is 15.0 Å². The van der Waals surface area contributed by atoms with Crippen LogP contribution in [0.3, 0.4) is 0 Å². The summed E-state index contributed by atoms with van der Waals surface area (Å²) >= 11 is 13.9. The third kappa shape index (κ3) is 5.15. The van der Waals surface area contributed by atoms with E-state index in [1.807, 2.05) is 23.6 Å². The number of rotatable bonds is 7. The van der Waals surface area contributed by atoms with Crippen molar-refractivity contribution in [2.45, 2.75) is 36.3 Å². The Balaban J connectivity index is 1.43. The van der Waals surface area contributed by atoms with Gasteiger partial charge in [-0.05, 0) is 43.5 Å². The normalized spacial score (nSPS) is 14.9. The third-order valence-corrected chi connectivity index (χ3v) is 10.2. The number of benzene rings is 2. The van der Waals surface area contributed by atoms with Crippen LogP contribution in [0.1, 0.15) is 29.7 Å². The maximum absolute atomic E-state index is 13.2. The van der Waals surface area contributed by atoms with E-state index >= 15 is 0 Å². The van der Waals surface area contributed by atoms with Gasteiger partial charge in [0.2, 0.25) is 0 Å². The van der Waals surface area contributed by atoms with E-state index < -0.39 is 15.1 Å². The first-order chi connectivity index (χ1) is 16.2. The minimum absolute atomic E-state index is 0.166. The fourth-order valence-electron chi connectivity index (χ4n) is 4.10. The van der Waals surface area contributed by atoms with Crippen molar-refractivity contribution in [3.8, 4) is 11.5 Å². The molecule has 0 unspecified atom stereocenters. The molecule has 0 bridgehead atoms. The number of anilines is 1. The summed E-state index contributed by atoms with van der Waals surface area (Å²) in [6.07, 6.45) is 1.67. The Hall–Kier alpha value is -2.00. The predicted octanol–water partition coefficient (Wildman–Crippen LogP) is 5.81. The van der Waals surface area contributed by atoms with Crippen LogP contribution in [0, 0.1) is 6.92 Å². The third-order valence-electron chi connectivity index (χ3n) is 6.08. The fourth-order valence-corrected chi connectivity index (χ4v) is 7.55. The zero-order valence-electron chi connectivity index (χ0n) is 19.2. The van der Waals surface area contributed by atoms with Gasteiger partial charge < -0.3 is 14.4 Å².